The second-order valence-electron chi connectivity index (χ2n) is 4.07. The van der Waals surface area contributed by atoms with E-state index < -0.39 is 6.10 Å². The van der Waals surface area contributed by atoms with Gasteiger partial charge >= 0.3 is 0 Å². The first-order chi connectivity index (χ1) is 7.18. The summed E-state index contributed by atoms with van der Waals surface area (Å²) in [6, 6.07) is 5.61. The van der Waals surface area contributed by atoms with Crippen molar-refractivity contribution in [3.63, 3.8) is 0 Å². The molecule has 1 fully saturated rings. The quantitative estimate of drug-likeness (QED) is 0.840. The Bertz CT molecular complexity index is 345. The number of rotatable bonds is 2. The molecule has 1 heterocycles. The van der Waals surface area contributed by atoms with Crippen LogP contribution in [0.5, 0.6) is 0 Å². The lowest BCUT2D eigenvalue weighted by atomic mass is 9.92. The Balaban J connectivity index is 2.20. The zero-order valence-electron chi connectivity index (χ0n) is 8.74. The third kappa shape index (κ3) is 2.33. The van der Waals surface area contributed by atoms with Crippen LogP contribution in [0.15, 0.2) is 18.2 Å². The molecule has 0 aromatic heterocycles. The zero-order chi connectivity index (χ0) is 10.8. The lowest BCUT2D eigenvalue weighted by molar-refractivity contribution is 0.0913. The summed E-state index contributed by atoms with van der Waals surface area (Å²) >= 11 is 5.87. The van der Waals surface area contributed by atoms with Crippen LogP contribution in [-0.4, -0.2) is 18.3 Å². The van der Waals surface area contributed by atoms with Crippen molar-refractivity contribution in [1.29, 1.82) is 0 Å². The van der Waals surface area contributed by atoms with E-state index >= 15 is 0 Å². The lowest BCUT2D eigenvalue weighted by Gasteiger charge is -2.18. The number of benzene rings is 1. The highest BCUT2D eigenvalue weighted by Gasteiger charge is 2.26. The molecular formula is C12H15ClO2. The molecule has 1 aromatic rings. The van der Waals surface area contributed by atoms with Gasteiger partial charge in [-0.15, -0.1) is 0 Å². The largest absolute Gasteiger partial charge is 0.388 e. The molecular weight excluding hydrogens is 212 g/mol. The van der Waals surface area contributed by atoms with E-state index in [9.17, 15) is 5.11 Å². The fourth-order valence-electron chi connectivity index (χ4n) is 2.03. The van der Waals surface area contributed by atoms with Gasteiger partial charge in [0, 0.05) is 17.5 Å². The molecule has 1 aromatic carbocycles. The molecule has 2 unspecified atom stereocenters. The normalized spacial score (nSPS) is 23.0. The molecule has 0 bridgehead atoms. The number of hydrogen-bond donors (Lipinski definition) is 1. The van der Waals surface area contributed by atoms with E-state index in [4.69, 9.17) is 16.3 Å². The molecule has 0 amide bonds. The van der Waals surface area contributed by atoms with E-state index in [1.165, 1.54) is 0 Å². The fourth-order valence-corrected chi connectivity index (χ4v) is 2.25. The van der Waals surface area contributed by atoms with Crippen molar-refractivity contribution in [1.82, 2.24) is 0 Å². The predicted octanol–water partition coefficient (Wildman–Crippen LogP) is 2.72. The van der Waals surface area contributed by atoms with E-state index in [0.29, 0.717) is 11.6 Å². The molecule has 2 atom stereocenters. The maximum Gasteiger partial charge on any atom is 0.0843 e. The highest BCUT2D eigenvalue weighted by atomic mass is 35.5. The highest BCUT2D eigenvalue weighted by molar-refractivity contribution is 6.30. The first-order valence-corrected chi connectivity index (χ1v) is 5.58. The molecule has 1 saturated heterocycles. The topological polar surface area (TPSA) is 29.5 Å². The van der Waals surface area contributed by atoms with Gasteiger partial charge in [0.05, 0.1) is 12.7 Å². The Kier molecular flexibility index (Phi) is 3.29. The molecule has 0 saturated carbocycles. The van der Waals surface area contributed by atoms with Crippen LogP contribution >= 0.6 is 11.6 Å². The molecule has 1 N–H and O–H groups in total. The number of ether oxygens (including phenoxy) is 1. The van der Waals surface area contributed by atoms with Crippen molar-refractivity contribution in [2.75, 3.05) is 13.2 Å². The summed E-state index contributed by atoms with van der Waals surface area (Å²) in [6.45, 7) is 3.39. The summed E-state index contributed by atoms with van der Waals surface area (Å²) in [5.41, 5.74) is 2.01. The number of aliphatic hydroxyl groups is 1. The third-order valence-electron chi connectivity index (χ3n) is 2.96. The molecule has 15 heavy (non-hydrogen) atoms. The Morgan fingerprint density at radius 1 is 1.53 bits per heavy atom. The van der Waals surface area contributed by atoms with Crippen molar-refractivity contribution in [3.8, 4) is 0 Å². The average Bonchev–Trinajstić information content (AvgIpc) is 2.69. The first kappa shape index (κ1) is 10.9. The lowest BCUT2D eigenvalue weighted by Crippen LogP contribution is -2.13. The highest BCUT2D eigenvalue weighted by Crippen LogP contribution is 2.31. The molecule has 2 nitrogen and oxygen atoms in total. The Morgan fingerprint density at radius 3 is 2.93 bits per heavy atom. The van der Waals surface area contributed by atoms with Gasteiger partial charge in [0.25, 0.3) is 0 Å². The SMILES string of the molecule is Cc1cc(Cl)ccc1C(O)C1CCOC1. The predicted molar refractivity (Wildman–Crippen MR) is 60.1 cm³/mol. The minimum absolute atomic E-state index is 0.227. The first-order valence-electron chi connectivity index (χ1n) is 5.20. The van der Waals surface area contributed by atoms with Crippen molar-refractivity contribution in [2.24, 2.45) is 5.92 Å². The summed E-state index contributed by atoms with van der Waals surface area (Å²) in [6.07, 6.45) is 0.508. The molecule has 1 aliphatic heterocycles. The summed E-state index contributed by atoms with van der Waals surface area (Å²) in [7, 11) is 0. The van der Waals surface area contributed by atoms with Gasteiger partial charge in [-0.2, -0.15) is 0 Å². The summed E-state index contributed by atoms with van der Waals surface area (Å²) in [5, 5.41) is 10.9. The van der Waals surface area contributed by atoms with Crippen molar-refractivity contribution < 1.29 is 9.84 Å². The van der Waals surface area contributed by atoms with Crippen LogP contribution in [0.3, 0.4) is 0 Å². The second kappa shape index (κ2) is 4.52. The van der Waals surface area contributed by atoms with Crippen LogP contribution in [0.2, 0.25) is 5.02 Å². The van der Waals surface area contributed by atoms with Crippen molar-refractivity contribution in [3.05, 3.63) is 34.3 Å². The van der Waals surface area contributed by atoms with Crippen molar-refractivity contribution in [2.45, 2.75) is 19.4 Å². The molecule has 3 heteroatoms. The van der Waals surface area contributed by atoms with Gasteiger partial charge in [0.2, 0.25) is 0 Å². The Hall–Kier alpha value is -0.570. The minimum atomic E-state index is -0.426. The van der Waals surface area contributed by atoms with Gasteiger partial charge in [0.15, 0.2) is 0 Å². The Labute approximate surface area is 94.8 Å². The maximum absolute atomic E-state index is 10.2. The monoisotopic (exact) mass is 226 g/mol. The van der Waals surface area contributed by atoms with Gasteiger partial charge in [-0.3, -0.25) is 0 Å². The van der Waals surface area contributed by atoms with E-state index in [0.717, 1.165) is 24.2 Å². The van der Waals surface area contributed by atoms with Crippen LogP contribution in [0.25, 0.3) is 0 Å². The third-order valence-corrected chi connectivity index (χ3v) is 3.20. The van der Waals surface area contributed by atoms with Crippen LogP contribution in [0, 0.1) is 12.8 Å². The number of hydrogen-bond acceptors (Lipinski definition) is 2. The van der Waals surface area contributed by atoms with E-state index in [-0.39, 0.29) is 5.92 Å². The molecule has 82 valence electrons. The average molecular weight is 227 g/mol. The summed E-state index contributed by atoms with van der Waals surface area (Å²) < 4.78 is 5.28. The van der Waals surface area contributed by atoms with Crippen LogP contribution in [0.4, 0.5) is 0 Å². The number of halogens is 1. The van der Waals surface area contributed by atoms with E-state index in [1.807, 2.05) is 25.1 Å². The summed E-state index contributed by atoms with van der Waals surface area (Å²) in [5.74, 6) is 0.227. The van der Waals surface area contributed by atoms with Crippen molar-refractivity contribution >= 4 is 11.6 Å². The van der Waals surface area contributed by atoms with Crippen LogP contribution in [-0.2, 0) is 4.74 Å². The molecule has 0 spiro atoms. The molecule has 1 aliphatic rings. The molecule has 0 aliphatic carbocycles. The number of aryl methyl sites for hydroxylation is 1. The van der Waals surface area contributed by atoms with Gasteiger partial charge in [0.1, 0.15) is 0 Å². The fraction of sp³-hybridized carbons (Fsp3) is 0.500. The molecule has 2 rings (SSSR count). The smallest absolute Gasteiger partial charge is 0.0843 e. The zero-order valence-corrected chi connectivity index (χ0v) is 9.50. The minimum Gasteiger partial charge on any atom is -0.388 e. The van der Waals surface area contributed by atoms with Crippen LogP contribution < -0.4 is 0 Å². The van der Waals surface area contributed by atoms with Gasteiger partial charge in [-0.1, -0.05) is 17.7 Å². The van der Waals surface area contributed by atoms with Gasteiger partial charge < -0.3 is 9.84 Å². The second-order valence-corrected chi connectivity index (χ2v) is 4.51. The van der Waals surface area contributed by atoms with Gasteiger partial charge in [-0.25, -0.2) is 0 Å². The van der Waals surface area contributed by atoms with Crippen LogP contribution in [0.1, 0.15) is 23.7 Å². The number of aliphatic hydroxyl groups excluding tert-OH is 1. The van der Waals surface area contributed by atoms with Gasteiger partial charge in [-0.05, 0) is 36.6 Å². The maximum atomic E-state index is 10.2. The molecule has 0 radical (unpaired) electrons. The summed E-state index contributed by atoms with van der Waals surface area (Å²) in [4.78, 5) is 0. The standard InChI is InChI=1S/C12H15ClO2/c1-8-6-10(13)2-3-11(8)12(14)9-4-5-15-7-9/h2-3,6,9,12,14H,4-5,7H2,1H3. The van der Waals surface area contributed by atoms with E-state index in [2.05, 4.69) is 0 Å². The Morgan fingerprint density at radius 2 is 2.33 bits per heavy atom. The van der Waals surface area contributed by atoms with E-state index in [1.54, 1.807) is 0 Å².